The van der Waals surface area contributed by atoms with Crippen LogP contribution in [0.25, 0.3) is 10.9 Å². The van der Waals surface area contributed by atoms with Crippen molar-refractivity contribution in [3.63, 3.8) is 0 Å². The van der Waals surface area contributed by atoms with E-state index in [-0.39, 0.29) is 11.3 Å². The number of carbonyl (C=O) groups excluding carboxylic acids is 1. The molecule has 0 spiro atoms. The molecular weight excluding hydrogens is 496 g/mol. The molecule has 12 heteroatoms. The maximum atomic E-state index is 14.7. The minimum atomic E-state index is -0.926. The van der Waals surface area contributed by atoms with Crippen LogP contribution in [0, 0.1) is 11.6 Å². The Hall–Kier alpha value is -3.44. The maximum absolute atomic E-state index is 14.7. The van der Waals surface area contributed by atoms with E-state index in [2.05, 4.69) is 25.5 Å². The summed E-state index contributed by atoms with van der Waals surface area (Å²) in [5.74, 6) is -1.62. The number of aromatic nitrogens is 4. The first kappa shape index (κ1) is 23.3. The molecule has 1 amide bonds. The number of anilines is 3. The fourth-order valence-electron chi connectivity index (χ4n) is 3.98. The van der Waals surface area contributed by atoms with Crippen LogP contribution in [-0.4, -0.2) is 58.5 Å². The number of piperazine rings is 1. The molecule has 0 atom stereocenters. The Kier molecular flexibility index (Phi) is 6.44. The summed E-state index contributed by atoms with van der Waals surface area (Å²) < 4.78 is 29.3. The average molecular weight is 516 g/mol. The van der Waals surface area contributed by atoms with Crippen molar-refractivity contribution in [1.82, 2.24) is 20.2 Å². The number of hydrogen-bond acceptors (Lipinski definition) is 7. The normalized spacial score (nSPS) is 13.9. The van der Waals surface area contributed by atoms with Gasteiger partial charge in [-0.05, 0) is 30.5 Å². The second-order valence-electron chi connectivity index (χ2n) is 7.92. The number of thioether (sulfide) groups is 1. The van der Waals surface area contributed by atoms with Crippen LogP contribution < -0.4 is 15.1 Å². The molecule has 1 saturated heterocycles. The molecule has 5 rings (SSSR count). The molecule has 0 radical (unpaired) electrons. The third kappa shape index (κ3) is 4.87. The van der Waals surface area contributed by atoms with Crippen molar-refractivity contribution in [1.29, 1.82) is 0 Å². The second-order valence-corrected chi connectivity index (χ2v) is 9.08. The molecule has 1 aliphatic heterocycles. The predicted octanol–water partition coefficient (Wildman–Crippen LogP) is 4.59. The van der Waals surface area contributed by atoms with Crippen LogP contribution in [0.5, 0.6) is 0 Å². The summed E-state index contributed by atoms with van der Waals surface area (Å²) in [6.45, 7) is 2.00. The second kappa shape index (κ2) is 9.67. The smallest absolute Gasteiger partial charge is 0.258 e. The molecule has 4 aromatic rings. The van der Waals surface area contributed by atoms with Gasteiger partial charge in [0.1, 0.15) is 22.6 Å². The van der Waals surface area contributed by atoms with Gasteiger partial charge in [-0.2, -0.15) is 5.10 Å². The summed E-state index contributed by atoms with van der Waals surface area (Å²) in [6, 6.07) is 8.88. The monoisotopic (exact) mass is 515 g/mol. The van der Waals surface area contributed by atoms with Gasteiger partial charge in [0, 0.05) is 49.4 Å². The van der Waals surface area contributed by atoms with Gasteiger partial charge in [0.2, 0.25) is 0 Å². The van der Waals surface area contributed by atoms with Crippen LogP contribution >= 0.6 is 23.4 Å². The Morgan fingerprint density at radius 3 is 2.60 bits per heavy atom. The number of rotatable bonds is 5. The molecule has 1 aliphatic rings. The molecule has 180 valence electrons. The summed E-state index contributed by atoms with van der Waals surface area (Å²) in [6.07, 6.45) is 3.53. The number of carbonyl (C=O) groups is 1. The zero-order valence-corrected chi connectivity index (χ0v) is 20.1. The Bertz CT molecular complexity index is 1410. The fourth-order valence-corrected chi connectivity index (χ4v) is 4.58. The van der Waals surface area contributed by atoms with Gasteiger partial charge < -0.3 is 15.1 Å². The quantitative estimate of drug-likeness (QED) is 0.228. The number of nitrogens with one attached hydrogen (secondary N) is 2. The Morgan fingerprint density at radius 2 is 1.83 bits per heavy atom. The van der Waals surface area contributed by atoms with E-state index in [0.29, 0.717) is 48.0 Å². The highest BCUT2D eigenvalue weighted by molar-refractivity contribution is 7.98. The van der Waals surface area contributed by atoms with Gasteiger partial charge in [-0.3, -0.25) is 9.89 Å². The number of aromatic amines is 1. The summed E-state index contributed by atoms with van der Waals surface area (Å²) in [4.78, 5) is 25.3. The van der Waals surface area contributed by atoms with Crippen molar-refractivity contribution in [2.45, 2.75) is 5.16 Å². The van der Waals surface area contributed by atoms with Gasteiger partial charge in [0.25, 0.3) is 5.91 Å². The lowest BCUT2D eigenvalue weighted by Gasteiger charge is -2.37. The molecule has 35 heavy (non-hydrogen) atoms. The fraction of sp³-hybridized carbons (Fsp3) is 0.217. The Labute approximate surface area is 208 Å². The van der Waals surface area contributed by atoms with E-state index in [4.69, 9.17) is 11.6 Å². The molecule has 0 bridgehead atoms. The number of H-pyrrole nitrogens is 1. The van der Waals surface area contributed by atoms with Gasteiger partial charge in [-0.1, -0.05) is 23.4 Å². The zero-order chi connectivity index (χ0) is 24.5. The summed E-state index contributed by atoms with van der Waals surface area (Å²) in [5.41, 5.74) is 1.14. The van der Waals surface area contributed by atoms with Gasteiger partial charge in [0.05, 0.1) is 23.0 Å². The van der Waals surface area contributed by atoms with Crippen molar-refractivity contribution in [2.24, 2.45) is 0 Å². The van der Waals surface area contributed by atoms with Crippen LogP contribution in [0.15, 0.2) is 47.8 Å². The van der Waals surface area contributed by atoms with Crippen molar-refractivity contribution in [3.8, 4) is 0 Å². The lowest BCUT2D eigenvalue weighted by Crippen LogP contribution is -2.47. The Morgan fingerprint density at radius 1 is 1.06 bits per heavy atom. The molecule has 2 aromatic carbocycles. The molecule has 2 N–H and O–H groups in total. The number of hydrogen-bond donors (Lipinski definition) is 2. The van der Waals surface area contributed by atoms with Gasteiger partial charge in [-0.15, -0.1) is 0 Å². The highest BCUT2D eigenvalue weighted by Gasteiger charge is 2.24. The molecule has 0 unspecified atom stereocenters. The van der Waals surface area contributed by atoms with E-state index >= 15 is 0 Å². The van der Waals surface area contributed by atoms with Crippen LogP contribution in [0.3, 0.4) is 0 Å². The van der Waals surface area contributed by atoms with Crippen LogP contribution in [-0.2, 0) is 0 Å². The molecule has 0 saturated carbocycles. The van der Waals surface area contributed by atoms with Crippen LogP contribution in [0.2, 0.25) is 5.15 Å². The first-order chi connectivity index (χ1) is 16.9. The zero-order valence-electron chi connectivity index (χ0n) is 18.6. The van der Waals surface area contributed by atoms with Gasteiger partial charge >= 0.3 is 0 Å². The standard InChI is InChI=1S/C23H20ClF2N7OS/c1-35-23-29-20(24)11-21(30-23)33-6-4-32(5-7-33)19-9-15(16(25)10-17(19)26)22(34)28-14-3-2-13-12-27-31-18(13)8-14/h2-3,8-12H,4-7H2,1H3,(H,27,31)(H,28,34). The van der Waals surface area contributed by atoms with Crippen molar-refractivity contribution in [2.75, 3.05) is 47.6 Å². The van der Waals surface area contributed by atoms with E-state index in [9.17, 15) is 13.6 Å². The predicted molar refractivity (Wildman–Crippen MR) is 134 cm³/mol. The largest absolute Gasteiger partial charge is 0.366 e. The van der Waals surface area contributed by atoms with E-state index in [0.717, 1.165) is 17.0 Å². The minimum absolute atomic E-state index is 0.172. The number of benzene rings is 2. The number of amides is 1. The van der Waals surface area contributed by atoms with E-state index in [1.807, 2.05) is 11.2 Å². The highest BCUT2D eigenvalue weighted by Crippen LogP contribution is 2.28. The van der Waals surface area contributed by atoms with Gasteiger partial charge in [-0.25, -0.2) is 18.7 Å². The topological polar surface area (TPSA) is 90.0 Å². The molecule has 1 fully saturated rings. The highest BCUT2D eigenvalue weighted by atomic mass is 35.5. The first-order valence-electron chi connectivity index (χ1n) is 10.7. The van der Waals surface area contributed by atoms with Gasteiger partial charge in [0.15, 0.2) is 5.16 Å². The summed E-state index contributed by atoms with van der Waals surface area (Å²) >= 11 is 7.50. The van der Waals surface area contributed by atoms with Crippen molar-refractivity contribution in [3.05, 3.63) is 64.9 Å². The lowest BCUT2D eigenvalue weighted by molar-refractivity contribution is 0.102. The maximum Gasteiger partial charge on any atom is 0.258 e. The van der Waals surface area contributed by atoms with Crippen LogP contribution in [0.1, 0.15) is 10.4 Å². The van der Waals surface area contributed by atoms with Crippen LogP contribution in [0.4, 0.5) is 26.0 Å². The molecule has 3 heterocycles. The van der Waals surface area contributed by atoms with Crippen molar-refractivity contribution < 1.29 is 13.6 Å². The third-order valence-corrected chi connectivity index (χ3v) is 6.51. The third-order valence-electron chi connectivity index (χ3n) is 5.77. The summed E-state index contributed by atoms with van der Waals surface area (Å²) in [5, 5.41) is 11.2. The lowest BCUT2D eigenvalue weighted by atomic mass is 10.1. The number of fused-ring (bicyclic) bond motifs is 1. The van der Waals surface area contributed by atoms with E-state index < -0.39 is 17.5 Å². The molecular formula is C23H20ClF2N7OS. The molecule has 0 aliphatic carbocycles. The van der Waals surface area contributed by atoms with E-state index in [1.165, 1.54) is 17.8 Å². The van der Waals surface area contributed by atoms with E-state index in [1.54, 1.807) is 35.4 Å². The average Bonchev–Trinajstić information content (AvgIpc) is 3.32. The molecule has 2 aromatic heterocycles. The Balaban J connectivity index is 1.32. The number of halogens is 3. The first-order valence-corrected chi connectivity index (χ1v) is 12.3. The molecule has 8 nitrogen and oxygen atoms in total. The minimum Gasteiger partial charge on any atom is -0.366 e. The SMILES string of the molecule is CSc1nc(Cl)cc(N2CCN(c3cc(C(=O)Nc4ccc5cn[nH]c5c4)c(F)cc3F)CC2)n1. The van der Waals surface area contributed by atoms with Crippen molar-refractivity contribution >= 4 is 57.4 Å². The number of nitrogens with zero attached hydrogens (tertiary/aromatic N) is 5. The summed E-state index contributed by atoms with van der Waals surface area (Å²) in [7, 11) is 0.